The fourth-order valence-corrected chi connectivity index (χ4v) is 4.45. The van der Waals surface area contributed by atoms with Gasteiger partial charge in [-0.2, -0.15) is 4.98 Å². The molecule has 1 aliphatic heterocycles. The Bertz CT molecular complexity index is 1260. The topological polar surface area (TPSA) is 94.2 Å². The lowest BCUT2D eigenvalue weighted by Gasteiger charge is -2.29. The molecule has 0 aliphatic carbocycles. The van der Waals surface area contributed by atoms with Gasteiger partial charge in [-0.1, -0.05) is 18.2 Å². The maximum absolute atomic E-state index is 14.7. The second kappa shape index (κ2) is 8.68. The van der Waals surface area contributed by atoms with Gasteiger partial charge in [-0.05, 0) is 32.0 Å². The number of nitrogen functional groups attached to an aromatic ring is 1. The lowest BCUT2D eigenvalue weighted by Crippen LogP contribution is -2.32. The smallest absolute Gasteiger partial charge is 0.349 e. The van der Waals surface area contributed by atoms with Gasteiger partial charge in [0.25, 0.3) is 6.43 Å². The van der Waals surface area contributed by atoms with Gasteiger partial charge in [-0.25, -0.2) is 18.0 Å². The van der Waals surface area contributed by atoms with Crippen LogP contribution in [-0.2, 0) is 17.4 Å². The summed E-state index contributed by atoms with van der Waals surface area (Å²) in [6.07, 6.45) is -2.22. The molecule has 33 heavy (non-hydrogen) atoms. The van der Waals surface area contributed by atoms with E-state index in [-0.39, 0.29) is 11.4 Å². The lowest BCUT2D eigenvalue weighted by atomic mass is 9.90. The first-order valence-electron chi connectivity index (χ1n) is 10.6. The Morgan fingerprint density at radius 2 is 2.03 bits per heavy atom. The van der Waals surface area contributed by atoms with Crippen LogP contribution in [0.2, 0.25) is 0 Å². The Kier molecular flexibility index (Phi) is 6.06. The molecule has 1 aromatic heterocycles. The number of aromatic nitrogens is 2. The summed E-state index contributed by atoms with van der Waals surface area (Å²) in [4.78, 5) is 16.6. The number of hydrogen-bond acceptors (Lipinski definition) is 6. The summed E-state index contributed by atoms with van der Waals surface area (Å²) in [5.41, 5.74) is 6.34. The third kappa shape index (κ3) is 3.93. The van der Waals surface area contributed by atoms with Crippen LogP contribution in [-0.4, -0.2) is 29.8 Å². The van der Waals surface area contributed by atoms with E-state index >= 15 is 0 Å². The van der Waals surface area contributed by atoms with Gasteiger partial charge in [-0.3, -0.25) is 4.57 Å². The fourth-order valence-electron chi connectivity index (χ4n) is 4.45. The average Bonchev–Trinajstić information content (AvgIpc) is 3.27. The maximum atomic E-state index is 14.7. The number of halogens is 3. The van der Waals surface area contributed by atoms with Crippen molar-refractivity contribution in [1.29, 1.82) is 0 Å². The lowest BCUT2D eigenvalue weighted by molar-refractivity contribution is 0.00399. The van der Waals surface area contributed by atoms with Gasteiger partial charge in [0.15, 0.2) is 0 Å². The van der Waals surface area contributed by atoms with Gasteiger partial charge in [-0.15, -0.1) is 0 Å². The molecule has 4 rings (SSSR count). The fraction of sp³-hybridized carbons (Fsp3) is 0.391. The molecule has 0 bridgehead atoms. The molecule has 1 saturated heterocycles. The first kappa shape index (κ1) is 23.1. The van der Waals surface area contributed by atoms with Crippen molar-refractivity contribution < 1.29 is 17.9 Å². The zero-order valence-electron chi connectivity index (χ0n) is 18.6. The molecule has 0 saturated carbocycles. The summed E-state index contributed by atoms with van der Waals surface area (Å²) >= 11 is 0. The van der Waals surface area contributed by atoms with Crippen molar-refractivity contribution in [3.05, 3.63) is 63.3 Å². The standard InChI is InChI=1S/C23H26F3N5O2/c1-12(13-5-4-6-14(19(13)24)20(25)26)29-21-15-9-16(23(33-3)7-8-28-11-23)17(27)10-18(15)31(2)22(32)30-21/h4-6,9-10,12,20,28H,7-8,11,27H2,1-3H3,(H,29,30,32)/t12-,23?/m1/s1. The van der Waals surface area contributed by atoms with Gasteiger partial charge in [0.2, 0.25) is 0 Å². The van der Waals surface area contributed by atoms with Crippen molar-refractivity contribution in [3.63, 3.8) is 0 Å². The predicted molar refractivity (Wildman–Crippen MR) is 121 cm³/mol. The van der Waals surface area contributed by atoms with Crippen LogP contribution in [0.3, 0.4) is 0 Å². The quantitative estimate of drug-likeness (QED) is 0.486. The van der Waals surface area contributed by atoms with E-state index < -0.39 is 35.1 Å². The number of aryl methyl sites for hydroxylation is 1. The van der Waals surface area contributed by atoms with Gasteiger partial charge >= 0.3 is 5.69 Å². The van der Waals surface area contributed by atoms with Crippen molar-refractivity contribution in [2.45, 2.75) is 31.4 Å². The summed E-state index contributed by atoms with van der Waals surface area (Å²) in [5, 5.41) is 6.90. The Labute approximate surface area is 188 Å². The SMILES string of the molecule is COC1(c2cc3c(N[C@H](C)c4cccc(C(F)F)c4F)nc(=O)n(C)c3cc2N)CCNC1. The van der Waals surface area contributed by atoms with Crippen LogP contribution in [0.1, 0.15) is 42.5 Å². The van der Waals surface area contributed by atoms with Crippen LogP contribution in [0.4, 0.5) is 24.7 Å². The van der Waals surface area contributed by atoms with Crippen LogP contribution < -0.4 is 22.1 Å². The Morgan fingerprint density at radius 1 is 1.30 bits per heavy atom. The number of hydrogen-bond donors (Lipinski definition) is 3. The molecule has 7 nitrogen and oxygen atoms in total. The molecular weight excluding hydrogens is 435 g/mol. The van der Waals surface area contributed by atoms with Crippen molar-refractivity contribution in [2.24, 2.45) is 7.05 Å². The number of alkyl halides is 2. The van der Waals surface area contributed by atoms with Crippen LogP contribution in [0.5, 0.6) is 0 Å². The van der Waals surface area contributed by atoms with E-state index in [0.29, 0.717) is 29.6 Å². The molecule has 0 spiro atoms. The van der Waals surface area contributed by atoms with Crippen molar-refractivity contribution in [1.82, 2.24) is 14.9 Å². The highest BCUT2D eigenvalue weighted by Crippen LogP contribution is 2.39. The summed E-state index contributed by atoms with van der Waals surface area (Å²) in [7, 11) is 3.20. The van der Waals surface area contributed by atoms with E-state index in [2.05, 4.69) is 15.6 Å². The third-order valence-corrected chi connectivity index (χ3v) is 6.39. The predicted octanol–water partition coefficient (Wildman–Crippen LogP) is 3.60. The van der Waals surface area contributed by atoms with Crippen molar-refractivity contribution in [3.8, 4) is 0 Å². The third-order valence-electron chi connectivity index (χ3n) is 6.39. The molecule has 3 aromatic rings. The maximum Gasteiger partial charge on any atom is 0.349 e. The number of anilines is 2. The zero-order chi connectivity index (χ0) is 23.9. The van der Waals surface area contributed by atoms with Crippen LogP contribution >= 0.6 is 0 Å². The van der Waals surface area contributed by atoms with E-state index in [4.69, 9.17) is 10.5 Å². The molecule has 1 aliphatic rings. The number of ether oxygens (including phenoxy) is 1. The summed E-state index contributed by atoms with van der Waals surface area (Å²) < 4.78 is 48.2. The largest absolute Gasteiger partial charge is 0.398 e. The number of fused-ring (bicyclic) bond motifs is 1. The zero-order valence-corrected chi connectivity index (χ0v) is 18.6. The molecule has 176 valence electrons. The Hall–Kier alpha value is -3.11. The number of nitrogens with two attached hydrogens (primary N) is 1. The highest BCUT2D eigenvalue weighted by atomic mass is 19.3. The van der Waals surface area contributed by atoms with E-state index in [1.807, 2.05) is 6.07 Å². The number of benzene rings is 2. The first-order chi connectivity index (χ1) is 15.7. The van der Waals surface area contributed by atoms with Gasteiger partial charge in [0.05, 0.1) is 17.1 Å². The Balaban J connectivity index is 1.84. The minimum Gasteiger partial charge on any atom is -0.398 e. The van der Waals surface area contributed by atoms with E-state index in [1.54, 1.807) is 27.1 Å². The molecule has 0 radical (unpaired) electrons. The van der Waals surface area contributed by atoms with Gasteiger partial charge in [0, 0.05) is 42.9 Å². The summed E-state index contributed by atoms with van der Waals surface area (Å²) in [5.74, 6) is -0.776. The molecule has 2 atom stereocenters. The number of methoxy groups -OCH3 is 1. The summed E-state index contributed by atoms with van der Waals surface area (Å²) in [6, 6.07) is 6.64. The molecule has 4 N–H and O–H groups in total. The van der Waals surface area contributed by atoms with Gasteiger partial charge in [0.1, 0.15) is 17.2 Å². The monoisotopic (exact) mass is 461 g/mol. The molecule has 1 unspecified atom stereocenters. The minimum atomic E-state index is -2.93. The van der Waals surface area contributed by atoms with Crippen molar-refractivity contribution in [2.75, 3.05) is 31.2 Å². The Morgan fingerprint density at radius 3 is 2.67 bits per heavy atom. The van der Waals surface area contributed by atoms with Crippen LogP contribution in [0.25, 0.3) is 10.9 Å². The molecule has 0 amide bonds. The second-order valence-electron chi connectivity index (χ2n) is 8.30. The first-order valence-corrected chi connectivity index (χ1v) is 10.6. The second-order valence-corrected chi connectivity index (χ2v) is 8.30. The van der Waals surface area contributed by atoms with E-state index in [9.17, 15) is 18.0 Å². The number of nitrogens with one attached hydrogen (secondary N) is 2. The number of nitrogens with zero attached hydrogens (tertiary/aromatic N) is 2. The minimum absolute atomic E-state index is 0.0486. The number of rotatable bonds is 6. The van der Waals surface area contributed by atoms with E-state index in [1.165, 1.54) is 16.7 Å². The van der Waals surface area contributed by atoms with Crippen molar-refractivity contribution >= 4 is 22.4 Å². The molecule has 2 aromatic carbocycles. The molecular formula is C23H26F3N5O2. The normalized spacial score (nSPS) is 19.4. The highest BCUT2D eigenvalue weighted by Gasteiger charge is 2.37. The molecule has 1 fully saturated rings. The molecule has 10 heteroatoms. The average molecular weight is 461 g/mol. The van der Waals surface area contributed by atoms with E-state index in [0.717, 1.165) is 18.2 Å². The van der Waals surface area contributed by atoms with Gasteiger partial charge < -0.3 is 21.1 Å². The van der Waals surface area contributed by atoms with Crippen LogP contribution in [0.15, 0.2) is 35.1 Å². The molecule has 2 heterocycles. The highest BCUT2D eigenvalue weighted by molar-refractivity contribution is 5.93. The van der Waals surface area contributed by atoms with Crippen LogP contribution in [0, 0.1) is 5.82 Å². The summed E-state index contributed by atoms with van der Waals surface area (Å²) in [6.45, 7) is 2.95.